The highest BCUT2D eigenvalue weighted by Gasteiger charge is 2.44. The van der Waals surface area contributed by atoms with Crippen molar-refractivity contribution in [2.45, 2.75) is 57.0 Å². The molecular formula is C26H26F3N3O3. The lowest BCUT2D eigenvalue weighted by atomic mass is 9.75. The zero-order valence-corrected chi connectivity index (χ0v) is 19.7. The molecule has 0 spiro atoms. The lowest BCUT2D eigenvalue weighted by Crippen LogP contribution is -2.37. The van der Waals surface area contributed by atoms with E-state index in [-0.39, 0.29) is 48.8 Å². The molecule has 2 aromatic carbocycles. The van der Waals surface area contributed by atoms with Gasteiger partial charge < -0.3 is 14.4 Å². The highest BCUT2D eigenvalue weighted by molar-refractivity contribution is 6.00. The van der Waals surface area contributed by atoms with Crippen LogP contribution in [0.2, 0.25) is 0 Å². The van der Waals surface area contributed by atoms with E-state index in [9.17, 15) is 18.7 Å². The summed E-state index contributed by atoms with van der Waals surface area (Å²) in [6.45, 7) is 3.97. The molecule has 9 heteroatoms. The van der Waals surface area contributed by atoms with Gasteiger partial charge in [0.25, 0.3) is 0 Å². The standard InChI is InChI=1S/C26H26F3N3O3/c1-13(2)24-20(14-6-8-26(29,9-7-14)25(33)34)21-18(10-15-12-30-31-23(15)22(21)28)32(24)16-4-5-17(27)19(11-16)35-3/h4-5,10-14H,6-9H2,1-3H3,(H,30,31)(H,33,34). The zero-order valence-electron chi connectivity index (χ0n) is 19.7. The molecular weight excluding hydrogens is 459 g/mol. The highest BCUT2D eigenvalue weighted by Crippen LogP contribution is 2.48. The van der Waals surface area contributed by atoms with Crippen LogP contribution >= 0.6 is 0 Å². The van der Waals surface area contributed by atoms with Crippen molar-refractivity contribution in [1.29, 1.82) is 0 Å². The number of fused-ring (bicyclic) bond motifs is 2. The van der Waals surface area contributed by atoms with Crippen molar-refractivity contribution in [3.8, 4) is 11.4 Å². The number of ether oxygens (including phenoxy) is 1. The van der Waals surface area contributed by atoms with Gasteiger partial charge in [0, 0.05) is 28.2 Å². The third-order valence-corrected chi connectivity index (χ3v) is 7.19. The van der Waals surface area contributed by atoms with Crippen LogP contribution in [0.25, 0.3) is 27.5 Å². The Morgan fingerprint density at radius 3 is 2.60 bits per heavy atom. The van der Waals surface area contributed by atoms with Crippen LogP contribution in [0.3, 0.4) is 0 Å². The second-order valence-corrected chi connectivity index (χ2v) is 9.57. The third kappa shape index (κ3) is 3.56. The van der Waals surface area contributed by atoms with Crippen LogP contribution in [0.4, 0.5) is 13.2 Å². The van der Waals surface area contributed by atoms with Crippen molar-refractivity contribution in [3.63, 3.8) is 0 Å². The van der Waals surface area contributed by atoms with Crippen LogP contribution in [-0.2, 0) is 4.79 Å². The minimum absolute atomic E-state index is 0.0619. The largest absolute Gasteiger partial charge is 0.494 e. The van der Waals surface area contributed by atoms with Crippen LogP contribution < -0.4 is 4.74 Å². The van der Waals surface area contributed by atoms with Gasteiger partial charge in [-0.25, -0.2) is 18.0 Å². The maximum Gasteiger partial charge on any atom is 0.341 e. The second kappa shape index (κ2) is 8.32. The van der Waals surface area contributed by atoms with E-state index in [1.807, 2.05) is 24.5 Å². The maximum absolute atomic E-state index is 16.0. The Bertz CT molecular complexity index is 1450. The number of alkyl halides is 1. The van der Waals surface area contributed by atoms with E-state index in [0.717, 1.165) is 11.3 Å². The lowest BCUT2D eigenvalue weighted by Gasteiger charge is -2.32. The van der Waals surface area contributed by atoms with Crippen molar-refractivity contribution in [1.82, 2.24) is 14.8 Å². The number of benzene rings is 2. The molecule has 5 rings (SSSR count). The number of methoxy groups -OCH3 is 1. The summed E-state index contributed by atoms with van der Waals surface area (Å²) in [6.07, 6.45) is 1.80. The van der Waals surface area contributed by atoms with Crippen molar-refractivity contribution in [2.24, 2.45) is 0 Å². The molecule has 6 nitrogen and oxygen atoms in total. The number of hydrogen-bond acceptors (Lipinski definition) is 3. The normalized spacial score (nSPS) is 20.7. The summed E-state index contributed by atoms with van der Waals surface area (Å²) in [5, 5.41) is 17.0. The average Bonchev–Trinajstić information content (AvgIpc) is 3.43. The van der Waals surface area contributed by atoms with E-state index in [2.05, 4.69) is 10.2 Å². The number of nitrogens with zero attached hydrogens (tertiary/aromatic N) is 2. The number of carboxylic acids is 1. The number of rotatable bonds is 5. The molecule has 2 N–H and O–H groups in total. The van der Waals surface area contributed by atoms with Gasteiger partial charge in [-0.05, 0) is 61.3 Å². The number of hydrogen-bond donors (Lipinski definition) is 2. The molecule has 4 aromatic rings. The Morgan fingerprint density at radius 1 is 1.26 bits per heavy atom. The van der Waals surface area contributed by atoms with Gasteiger partial charge >= 0.3 is 5.97 Å². The molecule has 1 aliphatic rings. The fraction of sp³-hybridized carbons (Fsp3) is 0.385. The summed E-state index contributed by atoms with van der Waals surface area (Å²) < 4.78 is 52.2. The van der Waals surface area contributed by atoms with E-state index in [4.69, 9.17) is 4.74 Å². The van der Waals surface area contributed by atoms with E-state index in [1.165, 1.54) is 13.2 Å². The quantitative estimate of drug-likeness (QED) is 0.344. The molecule has 184 valence electrons. The predicted octanol–water partition coefficient (Wildman–Crippen LogP) is 6.37. The van der Waals surface area contributed by atoms with Crippen LogP contribution in [0.5, 0.6) is 5.75 Å². The Kier molecular flexibility index (Phi) is 5.53. The maximum atomic E-state index is 16.0. The number of aliphatic carboxylic acids is 1. The van der Waals surface area contributed by atoms with Crippen molar-refractivity contribution < 1.29 is 27.8 Å². The molecule has 0 amide bonds. The SMILES string of the molecule is COc1cc(-n2c(C(C)C)c(C3CCC(F)(C(=O)O)CC3)c3c(F)c4[nH]ncc4cc32)ccc1F. The second-order valence-electron chi connectivity index (χ2n) is 9.57. The Labute approximate surface area is 199 Å². The summed E-state index contributed by atoms with van der Waals surface area (Å²) >= 11 is 0. The smallest absolute Gasteiger partial charge is 0.341 e. The van der Waals surface area contributed by atoms with E-state index < -0.39 is 23.3 Å². The van der Waals surface area contributed by atoms with E-state index >= 15 is 4.39 Å². The first-order valence-electron chi connectivity index (χ1n) is 11.6. The molecule has 0 aliphatic heterocycles. The van der Waals surface area contributed by atoms with Crippen LogP contribution in [-0.4, -0.2) is 38.6 Å². The van der Waals surface area contributed by atoms with E-state index in [1.54, 1.807) is 18.3 Å². The van der Waals surface area contributed by atoms with Crippen molar-refractivity contribution in [3.05, 3.63) is 53.4 Å². The topological polar surface area (TPSA) is 80.1 Å². The number of carbonyl (C=O) groups is 1. The third-order valence-electron chi connectivity index (χ3n) is 7.19. The summed E-state index contributed by atoms with van der Waals surface area (Å²) in [4.78, 5) is 11.5. The number of carboxylic acid groups (broad SMARTS) is 1. The number of nitrogens with one attached hydrogen (secondary N) is 1. The summed E-state index contributed by atoms with van der Waals surface area (Å²) in [7, 11) is 1.38. The fourth-order valence-corrected chi connectivity index (χ4v) is 5.47. The molecule has 2 aromatic heterocycles. The molecule has 0 unspecified atom stereocenters. The zero-order chi connectivity index (χ0) is 25.1. The molecule has 1 saturated carbocycles. The first kappa shape index (κ1) is 23.3. The van der Waals surface area contributed by atoms with Crippen molar-refractivity contribution in [2.75, 3.05) is 7.11 Å². The van der Waals surface area contributed by atoms with Gasteiger partial charge in [0.2, 0.25) is 5.67 Å². The molecule has 0 atom stereocenters. The fourth-order valence-electron chi connectivity index (χ4n) is 5.47. The summed E-state index contributed by atoms with van der Waals surface area (Å²) in [5.74, 6) is -2.67. The first-order chi connectivity index (χ1) is 16.7. The van der Waals surface area contributed by atoms with Crippen molar-refractivity contribution >= 4 is 27.8 Å². The Morgan fingerprint density at radius 2 is 1.97 bits per heavy atom. The average molecular weight is 486 g/mol. The Hall–Kier alpha value is -3.49. The van der Waals surface area contributed by atoms with Gasteiger partial charge in [0.15, 0.2) is 17.4 Å². The molecule has 2 heterocycles. The molecule has 35 heavy (non-hydrogen) atoms. The van der Waals surface area contributed by atoms with Gasteiger partial charge in [0.1, 0.15) is 5.52 Å². The van der Waals surface area contributed by atoms with Crippen LogP contribution in [0.15, 0.2) is 30.5 Å². The van der Waals surface area contributed by atoms with E-state index in [0.29, 0.717) is 22.0 Å². The Balaban J connectivity index is 1.81. The molecule has 0 radical (unpaired) electrons. The number of aromatic nitrogens is 3. The van der Waals surface area contributed by atoms with Gasteiger partial charge in [-0.2, -0.15) is 5.10 Å². The number of aromatic amines is 1. The summed E-state index contributed by atoms with van der Waals surface area (Å²) in [5.41, 5.74) is 0.737. The predicted molar refractivity (Wildman–Crippen MR) is 126 cm³/mol. The van der Waals surface area contributed by atoms with Gasteiger partial charge in [-0.3, -0.25) is 5.10 Å². The molecule has 0 bridgehead atoms. The van der Waals surface area contributed by atoms with Gasteiger partial charge in [-0.1, -0.05) is 13.8 Å². The monoisotopic (exact) mass is 485 g/mol. The number of halogens is 3. The van der Waals surface area contributed by atoms with Gasteiger partial charge in [-0.15, -0.1) is 0 Å². The first-order valence-corrected chi connectivity index (χ1v) is 11.6. The van der Waals surface area contributed by atoms with Crippen LogP contribution in [0, 0.1) is 11.6 Å². The van der Waals surface area contributed by atoms with Gasteiger partial charge in [0.05, 0.1) is 18.8 Å². The molecule has 1 fully saturated rings. The molecule has 1 aliphatic carbocycles. The minimum atomic E-state index is -2.27. The van der Waals surface area contributed by atoms with Crippen LogP contribution in [0.1, 0.15) is 62.6 Å². The summed E-state index contributed by atoms with van der Waals surface area (Å²) in [6, 6.07) is 6.32. The lowest BCUT2D eigenvalue weighted by molar-refractivity contribution is -0.153. The highest BCUT2D eigenvalue weighted by atomic mass is 19.1. The number of H-pyrrole nitrogens is 1. The molecule has 0 saturated heterocycles. The minimum Gasteiger partial charge on any atom is -0.494 e.